The number of morpholine rings is 1. The van der Waals surface area contributed by atoms with E-state index in [9.17, 15) is 13.2 Å². The number of rotatable bonds is 5. The van der Waals surface area contributed by atoms with E-state index in [0.29, 0.717) is 11.4 Å². The number of nitrogens with zero attached hydrogens (tertiary/aromatic N) is 2. The lowest BCUT2D eigenvalue weighted by atomic mass is 10.1. The maximum atomic E-state index is 12.6. The van der Waals surface area contributed by atoms with Gasteiger partial charge in [0.15, 0.2) is 0 Å². The maximum absolute atomic E-state index is 12.6. The Morgan fingerprint density at radius 1 is 1.22 bits per heavy atom. The van der Waals surface area contributed by atoms with Crippen molar-refractivity contribution in [2.24, 2.45) is 0 Å². The summed E-state index contributed by atoms with van der Waals surface area (Å²) in [5, 5.41) is 6.60. The van der Waals surface area contributed by atoms with Crippen molar-refractivity contribution < 1.29 is 17.9 Å². The molecule has 1 unspecified atom stereocenters. The summed E-state index contributed by atoms with van der Waals surface area (Å²) >= 11 is 0. The lowest BCUT2D eigenvalue weighted by molar-refractivity contribution is -0.129. The normalized spacial score (nSPS) is 18.1. The first-order chi connectivity index (χ1) is 12.7. The van der Waals surface area contributed by atoms with Crippen LogP contribution in [-0.2, 0) is 19.6 Å². The molecule has 2 heterocycles. The lowest BCUT2D eigenvalue weighted by Crippen LogP contribution is -2.50. The molecule has 0 bridgehead atoms. The fraction of sp³-hybridized carbons (Fsp3) is 0.444. The summed E-state index contributed by atoms with van der Waals surface area (Å²) in [6.07, 6.45) is -0.439. The highest BCUT2D eigenvalue weighted by Crippen LogP contribution is 2.22. The van der Waals surface area contributed by atoms with Gasteiger partial charge >= 0.3 is 0 Å². The Bertz CT molecular complexity index is 928. The second kappa shape index (κ2) is 7.41. The Labute approximate surface area is 159 Å². The van der Waals surface area contributed by atoms with Gasteiger partial charge in [0.1, 0.15) is 11.5 Å². The summed E-state index contributed by atoms with van der Waals surface area (Å²) in [5.74, 6) is -0.138. The van der Waals surface area contributed by atoms with E-state index in [1.165, 1.54) is 0 Å². The van der Waals surface area contributed by atoms with Crippen LogP contribution in [0.4, 0.5) is 5.69 Å². The largest absolute Gasteiger partial charge is 0.365 e. The minimum Gasteiger partial charge on any atom is -0.365 e. The van der Waals surface area contributed by atoms with Crippen LogP contribution in [0.1, 0.15) is 22.5 Å². The van der Waals surface area contributed by atoms with E-state index in [4.69, 9.17) is 4.74 Å². The van der Waals surface area contributed by atoms with E-state index < -0.39 is 16.1 Å². The second-order valence-corrected chi connectivity index (χ2v) is 8.60. The van der Waals surface area contributed by atoms with E-state index in [1.54, 1.807) is 18.7 Å². The number of anilines is 1. The highest BCUT2D eigenvalue weighted by molar-refractivity contribution is 7.89. The molecule has 0 saturated carbocycles. The fourth-order valence-electron chi connectivity index (χ4n) is 3.32. The molecule has 2 aromatic rings. The number of ether oxygens (including phenoxy) is 1. The number of aromatic nitrogens is 2. The van der Waals surface area contributed by atoms with Crippen LogP contribution in [0.25, 0.3) is 0 Å². The van der Waals surface area contributed by atoms with Crippen LogP contribution in [-0.4, -0.2) is 50.3 Å². The number of carbonyl (C=O) groups excluding carboxylic acids is 1. The first-order valence-corrected chi connectivity index (χ1v) is 10.2. The Morgan fingerprint density at radius 2 is 1.89 bits per heavy atom. The van der Waals surface area contributed by atoms with Crippen LogP contribution >= 0.6 is 0 Å². The van der Waals surface area contributed by atoms with Crippen LogP contribution in [0, 0.1) is 27.7 Å². The van der Waals surface area contributed by atoms with Crippen molar-refractivity contribution in [2.45, 2.75) is 38.7 Å². The Morgan fingerprint density at radius 3 is 2.48 bits per heavy atom. The molecular formula is C18H24N4O4S. The number of aryl methyl sites for hydroxylation is 4. The number of nitrogens with one attached hydrogen (secondary N) is 2. The van der Waals surface area contributed by atoms with E-state index in [-0.39, 0.29) is 30.5 Å². The molecule has 0 spiro atoms. The van der Waals surface area contributed by atoms with E-state index in [2.05, 4.69) is 14.9 Å². The van der Waals surface area contributed by atoms with E-state index in [0.717, 1.165) is 16.8 Å². The van der Waals surface area contributed by atoms with Crippen LogP contribution in [0.5, 0.6) is 0 Å². The van der Waals surface area contributed by atoms with Crippen LogP contribution in [0.15, 0.2) is 23.1 Å². The zero-order valence-electron chi connectivity index (χ0n) is 15.9. The van der Waals surface area contributed by atoms with Gasteiger partial charge in [-0.15, -0.1) is 0 Å². The number of hydrogen-bond donors (Lipinski definition) is 2. The molecular weight excluding hydrogens is 368 g/mol. The zero-order valence-corrected chi connectivity index (χ0v) is 16.7. The second-order valence-electron chi connectivity index (χ2n) is 6.90. The topological polar surface area (TPSA) is 104 Å². The first-order valence-electron chi connectivity index (χ1n) is 8.69. The third-order valence-corrected chi connectivity index (χ3v) is 6.16. The van der Waals surface area contributed by atoms with Crippen molar-refractivity contribution in [3.63, 3.8) is 0 Å². The number of benzene rings is 1. The molecule has 1 aliphatic rings. The van der Waals surface area contributed by atoms with Crippen molar-refractivity contribution in [1.82, 2.24) is 14.9 Å². The molecule has 1 aromatic heterocycles. The molecule has 0 radical (unpaired) electrons. The lowest BCUT2D eigenvalue weighted by Gasteiger charge is -2.33. The van der Waals surface area contributed by atoms with Crippen molar-refractivity contribution in [2.75, 3.05) is 24.6 Å². The fourth-order valence-corrected chi connectivity index (χ4v) is 4.75. The molecule has 0 aliphatic carbocycles. The molecule has 3 rings (SSSR count). The number of aromatic amines is 1. The average Bonchev–Trinajstić information content (AvgIpc) is 2.92. The maximum Gasteiger partial charge on any atom is 0.253 e. The van der Waals surface area contributed by atoms with Crippen molar-refractivity contribution in [1.29, 1.82) is 0 Å². The highest BCUT2D eigenvalue weighted by atomic mass is 32.2. The predicted molar refractivity (Wildman–Crippen MR) is 101 cm³/mol. The zero-order chi connectivity index (χ0) is 19.8. The van der Waals surface area contributed by atoms with Crippen LogP contribution in [0.3, 0.4) is 0 Å². The SMILES string of the molecule is Cc1cc(C)cc(N2CC(CNS(=O)(=O)c3c(C)n[nH]c3C)OCC2=O)c1. The summed E-state index contributed by atoms with van der Waals surface area (Å²) in [6.45, 7) is 7.52. The number of carbonyl (C=O) groups is 1. The molecule has 2 N–H and O–H groups in total. The third-order valence-electron chi connectivity index (χ3n) is 4.48. The number of sulfonamides is 1. The molecule has 1 saturated heterocycles. The average molecular weight is 392 g/mol. The Balaban J connectivity index is 1.72. The van der Waals surface area contributed by atoms with Crippen LogP contribution in [0.2, 0.25) is 0 Å². The van der Waals surface area contributed by atoms with Gasteiger partial charge in [0.05, 0.1) is 24.0 Å². The number of hydrogen-bond acceptors (Lipinski definition) is 5. The summed E-state index contributed by atoms with van der Waals surface area (Å²) < 4.78 is 33.3. The summed E-state index contributed by atoms with van der Waals surface area (Å²) in [5.41, 5.74) is 3.82. The van der Waals surface area contributed by atoms with Gasteiger partial charge in [-0.05, 0) is 51.0 Å². The molecule has 1 aliphatic heterocycles. The van der Waals surface area contributed by atoms with Crippen molar-refractivity contribution in [3.8, 4) is 0 Å². The minimum absolute atomic E-state index is 0.0704. The molecule has 27 heavy (non-hydrogen) atoms. The van der Waals surface area contributed by atoms with Crippen molar-refractivity contribution >= 4 is 21.6 Å². The van der Waals surface area contributed by atoms with Gasteiger partial charge in [0, 0.05) is 12.2 Å². The Kier molecular flexibility index (Phi) is 5.36. The van der Waals surface area contributed by atoms with Gasteiger partial charge in [-0.3, -0.25) is 9.89 Å². The van der Waals surface area contributed by atoms with E-state index >= 15 is 0 Å². The Hall–Kier alpha value is -2.23. The van der Waals surface area contributed by atoms with Gasteiger partial charge in [0.25, 0.3) is 5.91 Å². The van der Waals surface area contributed by atoms with Gasteiger partial charge < -0.3 is 9.64 Å². The van der Waals surface area contributed by atoms with Crippen molar-refractivity contribution in [3.05, 3.63) is 40.7 Å². The van der Waals surface area contributed by atoms with Gasteiger partial charge in [0.2, 0.25) is 10.0 Å². The quantitative estimate of drug-likeness (QED) is 0.799. The number of amides is 1. The number of H-pyrrole nitrogens is 1. The molecule has 146 valence electrons. The standard InChI is InChI=1S/C18H24N4O4S/c1-11-5-12(2)7-15(6-11)22-9-16(26-10-17(22)23)8-19-27(24,25)18-13(3)20-21-14(18)4/h5-7,16,19H,8-10H2,1-4H3,(H,20,21). The van der Waals surface area contributed by atoms with E-state index in [1.807, 2.05) is 32.0 Å². The molecule has 1 aromatic carbocycles. The molecule has 1 atom stereocenters. The molecule has 8 nitrogen and oxygen atoms in total. The smallest absolute Gasteiger partial charge is 0.253 e. The summed E-state index contributed by atoms with van der Waals surface area (Å²) in [6, 6.07) is 5.92. The molecule has 1 fully saturated rings. The minimum atomic E-state index is -3.71. The van der Waals surface area contributed by atoms with Gasteiger partial charge in [-0.25, -0.2) is 13.1 Å². The molecule has 9 heteroatoms. The third kappa shape index (κ3) is 4.20. The summed E-state index contributed by atoms with van der Waals surface area (Å²) in [4.78, 5) is 14.1. The van der Waals surface area contributed by atoms with Crippen LogP contribution < -0.4 is 9.62 Å². The van der Waals surface area contributed by atoms with Gasteiger partial charge in [-0.2, -0.15) is 5.10 Å². The summed E-state index contributed by atoms with van der Waals surface area (Å²) in [7, 11) is -3.71. The van der Waals surface area contributed by atoms with Gasteiger partial charge in [-0.1, -0.05) is 6.07 Å². The highest BCUT2D eigenvalue weighted by Gasteiger charge is 2.30. The predicted octanol–water partition coefficient (Wildman–Crippen LogP) is 1.35. The first kappa shape index (κ1) is 19.5. The monoisotopic (exact) mass is 392 g/mol. The molecule has 1 amide bonds.